The summed E-state index contributed by atoms with van der Waals surface area (Å²) in [5, 5.41) is 0. The van der Waals surface area contributed by atoms with Crippen molar-refractivity contribution in [2.75, 3.05) is 31.1 Å². The van der Waals surface area contributed by atoms with Gasteiger partial charge in [0.05, 0.1) is 11.5 Å². The summed E-state index contributed by atoms with van der Waals surface area (Å²) in [5.74, 6) is 0.250. The van der Waals surface area contributed by atoms with Crippen LogP contribution in [-0.2, 0) is 20.0 Å². The number of nitrogens with zero attached hydrogens (tertiary/aromatic N) is 1. The summed E-state index contributed by atoms with van der Waals surface area (Å²) >= 11 is 0. The molecular formula is C11H23N3O4S2. The summed E-state index contributed by atoms with van der Waals surface area (Å²) in [6.45, 7) is 1.38. The van der Waals surface area contributed by atoms with E-state index < -0.39 is 26.1 Å². The van der Waals surface area contributed by atoms with Crippen molar-refractivity contribution in [1.29, 1.82) is 0 Å². The largest absolute Gasteiger partial charge is 0.330 e. The highest BCUT2D eigenvalue weighted by molar-refractivity contribution is 7.91. The normalized spacial score (nSPS) is 32.0. The van der Waals surface area contributed by atoms with Crippen LogP contribution in [0, 0.1) is 5.92 Å². The predicted molar refractivity (Wildman–Crippen MR) is 77.1 cm³/mol. The average Bonchev–Trinajstić information content (AvgIpc) is 2.37. The first-order valence-corrected chi connectivity index (χ1v) is 10.3. The Bertz CT molecular complexity index is 532. The van der Waals surface area contributed by atoms with Crippen LogP contribution in [0.5, 0.6) is 0 Å². The molecular weight excluding hydrogens is 302 g/mol. The topological polar surface area (TPSA) is 110 Å². The Hall–Kier alpha value is -0.220. The molecule has 118 valence electrons. The van der Waals surface area contributed by atoms with E-state index in [4.69, 9.17) is 5.73 Å². The van der Waals surface area contributed by atoms with Gasteiger partial charge in [0.2, 0.25) is 0 Å². The molecule has 2 unspecified atom stereocenters. The molecule has 0 bridgehead atoms. The molecule has 0 aromatic heterocycles. The number of rotatable bonds is 4. The van der Waals surface area contributed by atoms with Crippen LogP contribution in [0.15, 0.2) is 0 Å². The van der Waals surface area contributed by atoms with Crippen LogP contribution < -0.4 is 10.5 Å². The zero-order valence-electron chi connectivity index (χ0n) is 11.5. The van der Waals surface area contributed by atoms with E-state index in [-0.39, 0.29) is 17.4 Å². The smallest absolute Gasteiger partial charge is 0.279 e. The molecule has 3 N–H and O–H groups in total. The molecule has 2 rings (SSSR count). The van der Waals surface area contributed by atoms with Gasteiger partial charge in [-0.3, -0.25) is 0 Å². The second-order valence-electron chi connectivity index (χ2n) is 5.68. The highest BCUT2D eigenvalue weighted by Gasteiger charge is 2.33. The Morgan fingerprint density at radius 3 is 2.65 bits per heavy atom. The SMILES string of the molecule is NCC1CCCN(S(=O)(=O)NC2CCCS(=O)(=O)C2)C1. The maximum absolute atomic E-state index is 12.3. The molecule has 0 saturated carbocycles. The van der Waals surface area contributed by atoms with Crippen LogP contribution in [0.4, 0.5) is 0 Å². The van der Waals surface area contributed by atoms with Gasteiger partial charge < -0.3 is 5.73 Å². The highest BCUT2D eigenvalue weighted by Crippen LogP contribution is 2.19. The van der Waals surface area contributed by atoms with E-state index in [1.165, 1.54) is 4.31 Å². The minimum absolute atomic E-state index is 0.0968. The molecule has 2 heterocycles. The predicted octanol–water partition coefficient (Wildman–Crippen LogP) is -0.931. The van der Waals surface area contributed by atoms with E-state index in [0.717, 1.165) is 12.8 Å². The van der Waals surface area contributed by atoms with Gasteiger partial charge in [0.15, 0.2) is 9.84 Å². The summed E-state index contributed by atoms with van der Waals surface area (Å²) < 4.78 is 51.7. The second kappa shape index (κ2) is 6.27. The lowest BCUT2D eigenvalue weighted by Crippen LogP contribution is -2.52. The summed E-state index contributed by atoms with van der Waals surface area (Å²) in [6, 6.07) is -0.503. The van der Waals surface area contributed by atoms with Gasteiger partial charge in [-0.2, -0.15) is 17.4 Å². The van der Waals surface area contributed by atoms with Crippen LogP contribution >= 0.6 is 0 Å². The minimum atomic E-state index is -3.61. The van der Waals surface area contributed by atoms with E-state index in [1.54, 1.807) is 0 Å². The Balaban J connectivity index is 2.00. The van der Waals surface area contributed by atoms with Crippen LogP contribution in [0.25, 0.3) is 0 Å². The standard InChI is InChI=1S/C11H23N3O4S2/c12-7-10-3-1-5-14(8-10)20(17,18)13-11-4-2-6-19(15,16)9-11/h10-11,13H,1-9,12H2. The maximum Gasteiger partial charge on any atom is 0.279 e. The monoisotopic (exact) mass is 325 g/mol. The molecule has 0 aromatic rings. The van der Waals surface area contributed by atoms with Crippen LogP contribution in [0.2, 0.25) is 0 Å². The van der Waals surface area contributed by atoms with Gasteiger partial charge in [0, 0.05) is 19.1 Å². The van der Waals surface area contributed by atoms with Crippen molar-refractivity contribution in [1.82, 2.24) is 9.03 Å². The molecule has 0 aliphatic carbocycles. The lowest BCUT2D eigenvalue weighted by Gasteiger charge is -2.33. The van der Waals surface area contributed by atoms with E-state index in [1.807, 2.05) is 0 Å². The summed E-state index contributed by atoms with van der Waals surface area (Å²) in [7, 11) is -6.73. The number of nitrogens with one attached hydrogen (secondary N) is 1. The van der Waals surface area contributed by atoms with Gasteiger partial charge in [-0.1, -0.05) is 0 Å². The third kappa shape index (κ3) is 4.14. The lowest BCUT2D eigenvalue weighted by atomic mass is 10.0. The molecule has 2 aliphatic rings. The van der Waals surface area contributed by atoms with Crippen molar-refractivity contribution >= 4 is 20.0 Å². The van der Waals surface area contributed by atoms with Crippen LogP contribution in [0.3, 0.4) is 0 Å². The summed E-state index contributed by atoms with van der Waals surface area (Å²) in [6.07, 6.45) is 2.83. The van der Waals surface area contributed by atoms with Gasteiger partial charge in [-0.05, 0) is 38.1 Å². The van der Waals surface area contributed by atoms with E-state index >= 15 is 0 Å². The first kappa shape index (κ1) is 16.2. The zero-order valence-corrected chi connectivity index (χ0v) is 13.1. The molecule has 9 heteroatoms. The van der Waals surface area contributed by atoms with Gasteiger partial charge >= 0.3 is 0 Å². The van der Waals surface area contributed by atoms with Crippen LogP contribution in [0.1, 0.15) is 25.7 Å². The number of nitrogens with two attached hydrogens (primary N) is 1. The molecule has 0 spiro atoms. The number of hydrogen-bond acceptors (Lipinski definition) is 5. The Kier molecular flexibility index (Phi) is 5.06. The van der Waals surface area contributed by atoms with E-state index in [9.17, 15) is 16.8 Å². The van der Waals surface area contributed by atoms with Crippen molar-refractivity contribution in [3.05, 3.63) is 0 Å². The summed E-state index contributed by atoms with van der Waals surface area (Å²) in [4.78, 5) is 0. The average molecular weight is 325 g/mol. The molecule has 2 fully saturated rings. The number of piperidine rings is 1. The van der Waals surface area contributed by atoms with Gasteiger partial charge in [0.25, 0.3) is 10.2 Å². The van der Waals surface area contributed by atoms with Gasteiger partial charge in [0.1, 0.15) is 0 Å². The lowest BCUT2D eigenvalue weighted by molar-refractivity contribution is 0.267. The van der Waals surface area contributed by atoms with Crippen molar-refractivity contribution < 1.29 is 16.8 Å². The number of hydrogen-bond donors (Lipinski definition) is 2. The first-order valence-electron chi connectivity index (χ1n) is 7.00. The molecule has 2 saturated heterocycles. The molecule has 0 radical (unpaired) electrons. The van der Waals surface area contributed by atoms with Crippen molar-refractivity contribution in [3.8, 4) is 0 Å². The third-order valence-electron chi connectivity index (χ3n) is 3.93. The third-order valence-corrected chi connectivity index (χ3v) is 7.40. The molecule has 0 aromatic carbocycles. The Morgan fingerprint density at radius 1 is 1.25 bits per heavy atom. The van der Waals surface area contributed by atoms with Crippen LogP contribution in [-0.4, -0.2) is 58.3 Å². The minimum Gasteiger partial charge on any atom is -0.330 e. The Morgan fingerprint density at radius 2 is 2.00 bits per heavy atom. The Labute approximate surface area is 121 Å². The fourth-order valence-corrected chi connectivity index (χ4v) is 6.13. The first-order chi connectivity index (χ1) is 9.32. The van der Waals surface area contributed by atoms with Crippen molar-refractivity contribution in [2.45, 2.75) is 31.7 Å². The fraction of sp³-hybridized carbons (Fsp3) is 1.00. The van der Waals surface area contributed by atoms with Crippen molar-refractivity contribution in [2.24, 2.45) is 11.7 Å². The molecule has 2 atom stereocenters. The van der Waals surface area contributed by atoms with Gasteiger partial charge in [-0.25, -0.2) is 8.42 Å². The summed E-state index contributed by atoms with van der Waals surface area (Å²) in [5.41, 5.74) is 5.61. The van der Waals surface area contributed by atoms with E-state index in [2.05, 4.69) is 4.72 Å². The van der Waals surface area contributed by atoms with Gasteiger partial charge in [-0.15, -0.1) is 0 Å². The zero-order chi connectivity index (χ0) is 14.8. The second-order valence-corrected chi connectivity index (χ2v) is 9.61. The van der Waals surface area contributed by atoms with E-state index in [0.29, 0.717) is 32.5 Å². The fourth-order valence-electron chi connectivity index (χ4n) is 2.84. The van der Waals surface area contributed by atoms with Crippen molar-refractivity contribution in [3.63, 3.8) is 0 Å². The highest BCUT2D eigenvalue weighted by atomic mass is 32.2. The quantitative estimate of drug-likeness (QED) is 0.694. The molecule has 20 heavy (non-hydrogen) atoms. The maximum atomic E-state index is 12.3. The molecule has 0 amide bonds. The molecule has 2 aliphatic heterocycles. The molecule has 7 nitrogen and oxygen atoms in total. The number of sulfone groups is 1.